The van der Waals surface area contributed by atoms with Gasteiger partial charge in [0.05, 0.1) is 5.92 Å². The third-order valence-corrected chi connectivity index (χ3v) is 4.65. The van der Waals surface area contributed by atoms with Gasteiger partial charge in [0.2, 0.25) is 0 Å². The number of likely N-dealkylation sites (tertiary alicyclic amines) is 1. The van der Waals surface area contributed by atoms with Gasteiger partial charge in [-0.05, 0) is 39.5 Å². The highest BCUT2D eigenvalue weighted by Crippen LogP contribution is 2.29. The van der Waals surface area contributed by atoms with E-state index in [0.29, 0.717) is 6.54 Å². The number of amides is 1. The molecule has 0 saturated carbocycles. The molecule has 0 aromatic heterocycles. The number of carbonyl (C=O) groups excluding carboxylic acids is 1. The Morgan fingerprint density at radius 1 is 1.12 bits per heavy atom. The number of unbranched alkanes of at least 4 members (excludes halogenated alkanes) is 5. The number of nitrogens with zero attached hydrogens (tertiary/aromatic N) is 1. The Labute approximate surface area is 146 Å². The highest BCUT2D eigenvalue weighted by molar-refractivity contribution is 5.73. The lowest BCUT2D eigenvalue weighted by molar-refractivity contribution is -0.145. The quantitative estimate of drug-likeness (QED) is 0.650. The van der Waals surface area contributed by atoms with Crippen molar-refractivity contribution < 1.29 is 19.4 Å². The van der Waals surface area contributed by atoms with Crippen molar-refractivity contribution in [3.8, 4) is 0 Å². The first-order chi connectivity index (χ1) is 11.2. The molecule has 0 spiro atoms. The van der Waals surface area contributed by atoms with Crippen molar-refractivity contribution in [1.82, 2.24) is 4.90 Å². The topological polar surface area (TPSA) is 66.8 Å². The Morgan fingerprint density at radius 3 is 2.33 bits per heavy atom. The normalized spacial score (nSPS) is 21.6. The molecular formula is C19H35NO4. The second-order valence-electron chi connectivity index (χ2n) is 7.98. The fraction of sp³-hybridized carbons (Fsp3) is 0.895. The predicted molar refractivity (Wildman–Crippen MR) is 95.0 cm³/mol. The summed E-state index contributed by atoms with van der Waals surface area (Å²) >= 11 is 0. The van der Waals surface area contributed by atoms with Crippen molar-refractivity contribution in [1.29, 1.82) is 0 Å². The number of hydrogen-bond donors (Lipinski definition) is 1. The SMILES string of the molecule is CCCCCCCCC1CCN(C(=O)OC(C)(C)C)CC1C(=O)O. The monoisotopic (exact) mass is 341 g/mol. The molecule has 1 saturated heterocycles. The standard InChI is InChI=1S/C19H35NO4/c1-5-6-7-8-9-10-11-15-12-13-20(14-16(15)17(21)22)18(23)24-19(2,3)4/h15-16H,5-14H2,1-4H3,(H,21,22). The molecule has 5 nitrogen and oxygen atoms in total. The molecule has 1 aliphatic heterocycles. The fourth-order valence-corrected chi connectivity index (χ4v) is 3.31. The van der Waals surface area contributed by atoms with Crippen LogP contribution in [0.3, 0.4) is 0 Å². The molecule has 1 heterocycles. The Hall–Kier alpha value is -1.26. The average Bonchev–Trinajstić information content (AvgIpc) is 2.49. The van der Waals surface area contributed by atoms with Crippen molar-refractivity contribution in [3.05, 3.63) is 0 Å². The molecule has 0 radical (unpaired) electrons. The summed E-state index contributed by atoms with van der Waals surface area (Å²) in [7, 11) is 0. The average molecular weight is 341 g/mol. The first kappa shape index (κ1) is 20.8. The number of rotatable bonds is 8. The van der Waals surface area contributed by atoms with Crippen molar-refractivity contribution in [2.75, 3.05) is 13.1 Å². The van der Waals surface area contributed by atoms with Crippen LogP contribution in [0.25, 0.3) is 0 Å². The molecule has 0 bridgehead atoms. The van der Waals surface area contributed by atoms with Crippen LogP contribution in [0.5, 0.6) is 0 Å². The predicted octanol–water partition coefficient (Wildman–Crippen LogP) is 4.69. The second kappa shape index (κ2) is 9.90. The number of carboxylic acid groups (broad SMARTS) is 1. The van der Waals surface area contributed by atoms with Crippen LogP contribution in [0.4, 0.5) is 4.79 Å². The minimum atomic E-state index is -0.792. The minimum absolute atomic E-state index is 0.173. The van der Waals surface area contributed by atoms with Crippen LogP contribution in [0, 0.1) is 11.8 Å². The zero-order valence-corrected chi connectivity index (χ0v) is 15.8. The lowest BCUT2D eigenvalue weighted by atomic mass is 9.82. The zero-order valence-electron chi connectivity index (χ0n) is 15.8. The van der Waals surface area contributed by atoms with Gasteiger partial charge in [0, 0.05) is 13.1 Å². The van der Waals surface area contributed by atoms with E-state index in [0.717, 1.165) is 19.3 Å². The molecule has 2 atom stereocenters. The molecular weight excluding hydrogens is 306 g/mol. The maximum Gasteiger partial charge on any atom is 0.410 e. The number of hydrogen-bond acceptors (Lipinski definition) is 3. The van der Waals surface area contributed by atoms with Gasteiger partial charge >= 0.3 is 12.1 Å². The molecule has 1 aliphatic rings. The van der Waals surface area contributed by atoms with Crippen LogP contribution in [-0.2, 0) is 9.53 Å². The van der Waals surface area contributed by atoms with Gasteiger partial charge in [-0.15, -0.1) is 0 Å². The summed E-state index contributed by atoms with van der Waals surface area (Å²) in [6, 6.07) is 0. The van der Waals surface area contributed by atoms with Crippen molar-refractivity contribution in [2.45, 2.75) is 84.7 Å². The van der Waals surface area contributed by atoms with Gasteiger partial charge < -0.3 is 14.7 Å². The maximum absolute atomic E-state index is 12.2. The first-order valence-corrected chi connectivity index (χ1v) is 9.45. The fourth-order valence-electron chi connectivity index (χ4n) is 3.31. The molecule has 0 aliphatic carbocycles. The summed E-state index contributed by atoms with van der Waals surface area (Å²) in [5.74, 6) is -1.09. The largest absolute Gasteiger partial charge is 0.481 e. The molecule has 5 heteroatoms. The van der Waals surface area contributed by atoms with Crippen molar-refractivity contribution in [3.63, 3.8) is 0 Å². The van der Waals surface area contributed by atoms with Gasteiger partial charge in [-0.3, -0.25) is 4.79 Å². The maximum atomic E-state index is 12.2. The summed E-state index contributed by atoms with van der Waals surface area (Å²) in [6.07, 6.45) is 8.61. The highest BCUT2D eigenvalue weighted by atomic mass is 16.6. The third-order valence-electron chi connectivity index (χ3n) is 4.65. The Morgan fingerprint density at radius 2 is 1.75 bits per heavy atom. The first-order valence-electron chi connectivity index (χ1n) is 9.45. The summed E-state index contributed by atoms with van der Waals surface area (Å²) < 4.78 is 5.37. The van der Waals surface area contributed by atoms with Gasteiger partial charge in [0.25, 0.3) is 0 Å². The van der Waals surface area contributed by atoms with E-state index in [4.69, 9.17) is 4.74 Å². The molecule has 2 unspecified atom stereocenters. The second-order valence-corrected chi connectivity index (χ2v) is 7.98. The molecule has 140 valence electrons. The number of aliphatic carboxylic acids is 1. The lowest BCUT2D eigenvalue weighted by Crippen LogP contribution is -2.48. The lowest BCUT2D eigenvalue weighted by Gasteiger charge is -2.37. The molecule has 0 aromatic carbocycles. The van der Waals surface area contributed by atoms with Gasteiger partial charge in [0.1, 0.15) is 5.60 Å². The van der Waals surface area contributed by atoms with E-state index in [-0.39, 0.29) is 12.5 Å². The number of piperidine rings is 1. The van der Waals surface area contributed by atoms with Crippen LogP contribution in [0.2, 0.25) is 0 Å². The van der Waals surface area contributed by atoms with E-state index < -0.39 is 23.6 Å². The van der Waals surface area contributed by atoms with Gasteiger partial charge in [-0.1, -0.05) is 45.4 Å². The highest BCUT2D eigenvalue weighted by Gasteiger charge is 2.37. The smallest absolute Gasteiger partial charge is 0.410 e. The van der Waals surface area contributed by atoms with E-state index in [1.807, 2.05) is 20.8 Å². The van der Waals surface area contributed by atoms with Crippen LogP contribution >= 0.6 is 0 Å². The van der Waals surface area contributed by atoms with Crippen LogP contribution in [0.1, 0.15) is 79.1 Å². The van der Waals surface area contributed by atoms with Crippen molar-refractivity contribution in [2.24, 2.45) is 11.8 Å². The van der Waals surface area contributed by atoms with Gasteiger partial charge in [-0.25, -0.2) is 4.79 Å². The van der Waals surface area contributed by atoms with Gasteiger partial charge in [0.15, 0.2) is 0 Å². The molecule has 1 fully saturated rings. The Balaban J connectivity index is 2.45. The molecule has 1 amide bonds. The van der Waals surface area contributed by atoms with E-state index in [1.165, 1.54) is 32.1 Å². The third kappa shape index (κ3) is 7.54. The van der Waals surface area contributed by atoms with E-state index >= 15 is 0 Å². The zero-order chi connectivity index (χ0) is 18.2. The number of ether oxygens (including phenoxy) is 1. The molecule has 0 aromatic rings. The van der Waals surface area contributed by atoms with E-state index in [2.05, 4.69) is 6.92 Å². The van der Waals surface area contributed by atoms with Crippen LogP contribution in [0.15, 0.2) is 0 Å². The summed E-state index contributed by atoms with van der Waals surface area (Å²) in [6.45, 7) is 8.54. The summed E-state index contributed by atoms with van der Waals surface area (Å²) in [4.78, 5) is 25.3. The minimum Gasteiger partial charge on any atom is -0.481 e. The molecule has 24 heavy (non-hydrogen) atoms. The Bertz CT molecular complexity index is 403. The summed E-state index contributed by atoms with van der Waals surface area (Å²) in [5, 5.41) is 9.53. The summed E-state index contributed by atoms with van der Waals surface area (Å²) in [5.41, 5.74) is -0.550. The van der Waals surface area contributed by atoms with E-state index in [1.54, 1.807) is 4.90 Å². The van der Waals surface area contributed by atoms with Crippen molar-refractivity contribution >= 4 is 12.1 Å². The van der Waals surface area contributed by atoms with E-state index in [9.17, 15) is 14.7 Å². The number of carbonyl (C=O) groups is 2. The van der Waals surface area contributed by atoms with Gasteiger partial charge in [-0.2, -0.15) is 0 Å². The number of carboxylic acids is 1. The molecule has 1 rings (SSSR count). The van der Waals surface area contributed by atoms with Crippen LogP contribution in [-0.4, -0.2) is 40.8 Å². The Kier molecular flexibility index (Phi) is 8.57. The van der Waals surface area contributed by atoms with Crippen LogP contribution < -0.4 is 0 Å². The molecule has 1 N–H and O–H groups in total.